The first-order valence-electron chi connectivity index (χ1n) is 4.76. The Labute approximate surface area is 87.3 Å². The fourth-order valence-corrected chi connectivity index (χ4v) is 2.16. The van der Waals surface area contributed by atoms with Gasteiger partial charge in [0.05, 0.1) is 5.84 Å². The third-order valence-corrected chi connectivity index (χ3v) is 3.08. The monoisotopic (exact) mass is 210 g/mol. The number of nitrogens with zero attached hydrogens (tertiary/aromatic N) is 2. The Morgan fingerprint density at radius 2 is 2.50 bits per heavy atom. The van der Waals surface area contributed by atoms with E-state index < -0.39 is 0 Å². The number of rotatable bonds is 5. The van der Waals surface area contributed by atoms with Crippen LogP contribution >= 0.6 is 11.3 Å². The predicted molar refractivity (Wildman–Crippen MR) is 59.0 cm³/mol. The van der Waals surface area contributed by atoms with Gasteiger partial charge in [-0.15, -0.1) is 11.3 Å². The third-order valence-electron chi connectivity index (χ3n) is 2.27. The standard InChI is InChI=1S/C9H14N4S/c10-8(11)3-5-13(7-1-2-7)9-12-4-6-14-9/h4,6-7H,1-3,5H2,(H3,10,11). The van der Waals surface area contributed by atoms with Crippen LogP contribution in [0.4, 0.5) is 5.13 Å². The highest BCUT2D eigenvalue weighted by Gasteiger charge is 2.30. The van der Waals surface area contributed by atoms with Crippen LogP contribution in [0.15, 0.2) is 11.6 Å². The molecule has 0 bridgehead atoms. The first-order chi connectivity index (χ1) is 6.77. The summed E-state index contributed by atoms with van der Waals surface area (Å²) in [4.78, 5) is 6.56. The van der Waals surface area contributed by atoms with E-state index in [4.69, 9.17) is 11.1 Å². The molecule has 0 amide bonds. The maximum atomic E-state index is 7.21. The quantitative estimate of drug-likeness (QED) is 0.571. The van der Waals surface area contributed by atoms with E-state index in [1.165, 1.54) is 12.8 Å². The van der Waals surface area contributed by atoms with Crippen LogP contribution in [0.25, 0.3) is 0 Å². The Morgan fingerprint density at radius 3 is 3.00 bits per heavy atom. The molecule has 2 rings (SSSR count). The van der Waals surface area contributed by atoms with Gasteiger partial charge in [-0.1, -0.05) is 0 Å². The number of thiazole rings is 1. The first-order valence-corrected chi connectivity index (χ1v) is 5.64. The van der Waals surface area contributed by atoms with E-state index in [0.29, 0.717) is 12.5 Å². The average Bonchev–Trinajstić information content (AvgIpc) is 2.81. The molecule has 4 nitrogen and oxygen atoms in total. The summed E-state index contributed by atoms with van der Waals surface area (Å²) < 4.78 is 0. The van der Waals surface area contributed by atoms with Gasteiger partial charge in [0.2, 0.25) is 0 Å². The van der Waals surface area contributed by atoms with Crippen LogP contribution in [0.2, 0.25) is 0 Å². The number of anilines is 1. The van der Waals surface area contributed by atoms with Crippen molar-refractivity contribution in [1.29, 1.82) is 5.41 Å². The summed E-state index contributed by atoms with van der Waals surface area (Å²) in [5.74, 6) is 0.257. The van der Waals surface area contributed by atoms with Gasteiger partial charge in [0.15, 0.2) is 5.13 Å². The molecule has 0 aromatic carbocycles. The molecule has 0 atom stereocenters. The third kappa shape index (κ3) is 2.23. The van der Waals surface area contributed by atoms with E-state index in [-0.39, 0.29) is 5.84 Å². The number of nitrogens with one attached hydrogen (secondary N) is 1. The lowest BCUT2D eigenvalue weighted by molar-refractivity contribution is 0.792. The first kappa shape index (κ1) is 9.45. The number of aromatic nitrogens is 1. The summed E-state index contributed by atoms with van der Waals surface area (Å²) in [6.45, 7) is 0.827. The summed E-state index contributed by atoms with van der Waals surface area (Å²) in [5.41, 5.74) is 5.35. The van der Waals surface area contributed by atoms with Gasteiger partial charge < -0.3 is 10.6 Å². The van der Waals surface area contributed by atoms with Crippen molar-refractivity contribution in [3.8, 4) is 0 Å². The minimum atomic E-state index is 0.257. The Morgan fingerprint density at radius 1 is 1.71 bits per heavy atom. The van der Waals surface area contributed by atoms with E-state index in [1.54, 1.807) is 11.3 Å². The van der Waals surface area contributed by atoms with E-state index in [9.17, 15) is 0 Å². The second kappa shape index (κ2) is 3.96. The maximum Gasteiger partial charge on any atom is 0.185 e. The molecule has 1 aliphatic carbocycles. The van der Waals surface area contributed by atoms with Gasteiger partial charge >= 0.3 is 0 Å². The lowest BCUT2D eigenvalue weighted by Crippen LogP contribution is -2.29. The lowest BCUT2D eigenvalue weighted by Gasteiger charge is -2.20. The highest BCUT2D eigenvalue weighted by atomic mass is 32.1. The summed E-state index contributed by atoms with van der Waals surface area (Å²) >= 11 is 1.65. The van der Waals surface area contributed by atoms with Crippen LogP contribution in [0, 0.1) is 5.41 Å². The second-order valence-electron chi connectivity index (χ2n) is 3.51. The number of hydrogen-bond donors (Lipinski definition) is 2. The van der Waals surface area contributed by atoms with Crippen molar-refractivity contribution in [1.82, 2.24) is 4.98 Å². The fourth-order valence-electron chi connectivity index (χ4n) is 1.42. The molecule has 0 aliphatic heterocycles. The normalized spacial score (nSPS) is 15.4. The molecular formula is C9H14N4S. The summed E-state index contributed by atoms with van der Waals surface area (Å²) in [6, 6.07) is 0.639. The average molecular weight is 210 g/mol. The van der Waals surface area contributed by atoms with Crippen LogP contribution in [0.1, 0.15) is 19.3 Å². The van der Waals surface area contributed by atoms with Crippen molar-refractivity contribution in [2.24, 2.45) is 5.73 Å². The molecule has 14 heavy (non-hydrogen) atoms. The van der Waals surface area contributed by atoms with E-state index in [1.807, 2.05) is 11.6 Å². The van der Waals surface area contributed by atoms with Crippen molar-refractivity contribution in [3.63, 3.8) is 0 Å². The Bertz CT molecular complexity index is 305. The molecule has 1 aromatic heterocycles. The van der Waals surface area contributed by atoms with Crippen LogP contribution in [0.3, 0.4) is 0 Å². The SMILES string of the molecule is N=C(N)CCN(c1nccs1)C1CC1. The zero-order valence-electron chi connectivity index (χ0n) is 7.94. The molecule has 76 valence electrons. The van der Waals surface area contributed by atoms with Crippen LogP contribution in [-0.4, -0.2) is 23.4 Å². The molecule has 0 spiro atoms. The van der Waals surface area contributed by atoms with Gasteiger partial charge in [0.1, 0.15) is 0 Å². The van der Waals surface area contributed by atoms with Crippen LogP contribution in [0.5, 0.6) is 0 Å². The topological polar surface area (TPSA) is 66.0 Å². The van der Waals surface area contributed by atoms with E-state index in [0.717, 1.165) is 11.7 Å². The highest BCUT2D eigenvalue weighted by Crippen LogP contribution is 2.32. The van der Waals surface area contributed by atoms with E-state index >= 15 is 0 Å². The zero-order valence-corrected chi connectivity index (χ0v) is 8.76. The van der Waals surface area contributed by atoms with Crippen LogP contribution in [-0.2, 0) is 0 Å². The maximum absolute atomic E-state index is 7.21. The summed E-state index contributed by atoms with van der Waals surface area (Å²) in [5, 5.41) is 10.3. The largest absolute Gasteiger partial charge is 0.388 e. The second-order valence-corrected chi connectivity index (χ2v) is 4.39. The van der Waals surface area contributed by atoms with E-state index in [2.05, 4.69) is 9.88 Å². The smallest absolute Gasteiger partial charge is 0.185 e. The molecule has 0 radical (unpaired) electrons. The molecule has 1 fully saturated rings. The molecule has 5 heteroatoms. The fraction of sp³-hybridized carbons (Fsp3) is 0.556. The van der Waals surface area contributed by atoms with Gasteiger partial charge in [-0.2, -0.15) is 0 Å². The molecular weight excluding hydrogens is 196 g/mol. The Kier molecular flexibility index (Phi) is 2.67. The minimum absolute atomic E-state index is 0.257. The predicted octanol–water partition coefficient (Wildman–Crippen LogP) is 1.44. The van der Waals surface area contributed by atoms with Crippen LogP contribution < -0.4 is 10.6 Å². The zero-order chi connectivity index (χ0) is 9.97. The van der Waals surface area contributed by atoms with Crippen molar-refractivity contribution >= 4 is 22.3 Å². The lowest BCUT2D eigenvalue weighted by atomic mass is 10.3. The molecule has 1 saturated carbocycles. The summed E-state index contributed by atoms with van der Waals surface area (Å²) in [7, 11) is 0. The Balaban J connectivity index is 1.97. The van der Waals surface area contributed by atoms with Gasteiger partial charge in [0.25, 0.3) is 0 Å². The highest BCUT2D eigenvalue weighted by molar-refractivity contribution is 7.13. The molecule has 1 heterocycles. The molecule has 0 unspecified atom stereocenters. The van der Waals surface area contributed by atoms with Gasteiger partial charge in [-0.3, -0.25) is 5.41 Å². The molecule has 1 aromatic rings. The number of nitrogens with two attached hydrogens (primary N) is 1. The van der Waals surface area contributed by atoms with Gasteiger partial charge in [0, 0.05) is 30.6 Å². The number of hydrogen-bond acceptors (Lipinski definition) is 4. The summed E-state index contributed by atoms with van der Waals surface area (Å²) in [6.07, 6.45) is 4.95. The van der Waals surface area contributed by atoms with Gasteiger partial charge in [-0.25, -0.2) is 4.98 Å². The minimum Gasteiger partial charge on any atom is -0.388 e. The molecule has 0 saturated heterocycles. The van der Waals surface area contributed by atoms with Crippen molar-refractivity contribution in [2.45, 2.75) is 25.3 Å². The number of amidine groups is 1. The van der Waals surface area contributed by atoms with Crippen molar-refractivity contribution < 1.29 is 0 Å². The van der Waals surface area contributed by atoms with Crippen molar-refractivity contribution in [2.75, 3.05) is 11.4 Å². The van der Waals surface area contributed by atoms with Gasteiger partial charge in [-0.05, 0) is 12.8 Å². The molecule has 1 aliphatic rings. The van der Waals surface area contributed by atoms with Crippen molar-refractivity contribution in [3.05, 3.63) is 11.6 Å². The molecule has 3 N–H and O–H groups in total. The Hall–Kier alpha value is -1.10.